The van der Waals surface area contributed by atoms with Gasteiger partial charge in [0.15, 0.2) is 0 Å². The smallest absolute Gasteiger partial charge is 0.261 e. The molecule has 0 aliphatic rings. The number of hydrogen-bond acceptors (Lipinski definition) is 3. The van der Waals surface area contributed by atoms with Crippen LogP contribution in [-0.4, -0.2) is 29.6 Å². The molecule has 0 bridgehead atoms. The van der Waals surface area contributed by atoms with E-state index < -0.39 is 13.0 Å². The van der Waals surface area contributed by atoms with Crippen LogP contribution in [0, 0.1) is 4.64 Å². The summed E-state index contributed by atoms with van der Waals surface area (Å²) in [4.78, 5) is 7.33. The summed E-state index contributed by atoms with van der Waals surface area (Å²) in [6.45, 7) is 1.73. The van der Waals surface area contributed by atoms with Crippen molar-refractivity contribution in [2.75, 3.05) is 13.2 Å². The van der Waals surface area contributed by atoms with E-state index in [4.69, 9.17) is 17.0 Å². The van der Waals surface area contributed by atoms with Gasteiger partial charge in [-0.2, -0.15) is 0 Å². The lowest BCUT2D eigenvalue weighted by molar-refractivity contribution is 0.0182. The highest BCUT2D eigenvalue weighted by atomic mass is 79.9. The summed E-state index contributed by atoms with van der Waals surface area (Å²) in [6, 6.07) is 0. The number of halogens is 3. The number of aromatic amines is 1. The molecule has 1 heterocycles. The highest BCUT2D eigenvalue weighted by Gasteiger charge is 2.07. The van der Waals surface area contributed by atoms with Crippen molar-refractivity contribution in [3.8, 4) is 0 Å². The molecule has 0 unspecified atom stereocenters. The highest BCUT2D eigenvalue weighted by Crippen LogP contribution is 2.17. The van der Waals surface area contributed by atoms with Crippen molar-refractivity contribution in [2.45, 2.75) is 32.6 Å². The van der Waals surface area contributed by atoms with Crippen LogP contribution in [0.1, 0.15) is 24.9 Å². The van der Waals surface area contributed by atoms with Crippen LogP contribution in [0.3, 0.4) is 0 Å². The Balaban J connectivity index is 2.63. The van der Waals surface area contributed by atoms with Gasteiger partial charge in [0.25, 0.3) is 6.43 Å². The summed E-state index contributed by atoms with van der Waals surface area (Å²) in [5.74, 6) is 0.668. The minimum absolute atomic E-state index is 0.204. The number of nitrogens with zero attached hydrogens (tertiary/aromatic N) is 1. The average Bonchev–Trinajstić information content (AvgIpc) is 2.31. The zero-order valence-corrected chi connectivity index (χ0v) is 12.4. The zero-order chi connectivity index (χ0) is 13.5. The average molecular weight is 341 g/mol. The van der Waals surface area contributed by atoms with Gasteiger partial charge in [-0.25, -0.2) is 13.8 Å². The third-order valence-electron chi connectivity index (χ3n) is 2.21. The molecule has 0 saturated heterocycles. The Morgan fingerprint density at radius 1 is 1.44 bits per heavy atom. The molecule has 0 saturated carbocycles. The molecule has 0 aromatic carbocycles. The zero-order valence-electron chi connectivity index (χ0n) is 10.0. The van der Waals surface area contributed by atoms with Gasteiger partial charge in [-0.05, 0) is 22.4 Å². The van der Waals surface area contributed by atoms with Crippen LogP contribution in [0.25, 0.3) is 0 Å². The molecular formula is C11H15BrF2N2OS. The Bertz CT molecular complexity index is 440. The van der Waals surface area contributed by atoms with Gasteiger partial charge in [0.2, 0.25) is 0 Å². The van der Waals surface area contributed by atoms with Gasteiger partial charge >= 0.3 is 0 Å². The van der Waals surface area contributed by atoms with Gasteiger partial charge in [-0.15, -0.1) is 0 Å². The second kappa shape index (κ2) is 7.91. The number of aryl methyl sites for hydroxylation is 1. The van der Waals surface area contributed by atoms with Crippen molar-refractivity contribution in [1.82, 2.24) is 9.97 Å². The van der Waals surface area contributed by atoms with Gasteiger partial charge in [0, 0.05) is 12.1 Å². The standard InChI is InChI=1S/C11H15BrF2N2OS/c1-2-3-7-10(12)11(18)16-9(15-7)4-5-17-6-8(13)14/h8H,2-6H2,1H3,(H,15,16,18). The third kappa shape index (κ3) is 5.07. The Hall–Kier alpha value is -0.400. The van der Waals surface area contributed by atoms with Gasteiger partial charge < -0.3 is 9.72 Å². The molecule has 0 fully saturated rings. The van der Waals surface area contributed by atoms with Crippen LogP contribution in [0.4, 0.5) is 8.78 Å². The first-order valence-corrected chi connectivity index (χ1v) is 6.88. The molecule has 0 aliphatic carbocycles. The Morgan fingerprint density at radius 3 is 2.78 bits per heavy atom. The number of rotatable bonds is 7. The van der Waals surface area contributed by atoms with Gasteiger partial charge in [-0.1, -0.05) is 25.6 Å². The maximum absolute atomic E-state index is 11.9. The van der Waals surface area contributed by atoms with Crippen LogP contribution in [0.5, 0.6) is 0 Å². The maximum Gasteiger partial charge on any atom is 0.261 e. The summed E-state index contributed by atoms with van der Waals surface area (Å²) >= 11 is 8.51. The Morgan fingerprint density at radius 2 is 2.17 bits per heavy atom. The molecule has 3 nitrogen and oxygen atoms in total. The predicted molar refractivity (Wildman–Crippen MR) is 71.6 cm³/mol. The van der Waals surface area contributed by atoms with Crippen molar-refractivity contribution in [2.24, 2.45) is 0 Å². The van der Waals surface area contributed by atoms with Gasteiger partial charge in [0.1, 0.15) is 17.1 Å². The fourth-order valence-electron chi connectivity index (χ4n) is 1.44. The predicted octanol–water partition coefficient (Wildman–Crippen LogP) is 3.68. The molecule has 7 heteroatoms. The van der Waals surface area contributed by atoms with E-state index in [1.165, 1.54) is 0 Å². The van der Waals surface area contributed by atoms with E-state index in [1.807, 2.05) is 0 Å². The fraction of sp³-hybridized carbons (Fsp3) is 0.636. The molecule has 102 valence electrons. The first kappa shape index (κ1) is 15.7. The van der Waals surface area contributed by atoms with Crippen molar-refractivity contribution in [1.29, 1.82) is 0 Å². The normalized spacial score (nSPS) is 11.2. The maximum atomic E-state index is 11.9. The Labute approximate surface area is 118 Å². The summed E-state index contributed by atoms with van der Waals surface area (Å²) in [6.07, 6.45) is -0.148. The highest BCUT2D eigenvalue weighted by molar-refractivity contribution is 9.10. The van der Waals surface area contributed by atoms with Crippen LogP contribution in [0.2, 0.25) is 0 Å². The van der Waals surface area contributed by atoms with Crippen molar-refractivity contribution in [3.63, 3.8) is 0 Å². The number of nitrogens with one attached hydrogen (secondary N) is 1. The van der Waals surface area contributed by atoms with E-state index in [0.29, 0.717) is 16.9 Å². The van der Waals surface area contributed by atoms with Gasteiger partial charge in [0.05, 0.1) is 11.1 Å². The minimum Gasteiger partial charge on any atom is -0.375 e. The van der Waals surface area contributed by atoms with Gasteiger partial charge in [-0.3, -0.25) is 0 Å². The van der Waals surface area contributed by atoms with E-state index in [-0.39, 0.29) is 6.61 Å². The first-order chi connectivity index (χ1) is 8.54. The van der Waals surface area contributed by atoms with E-state index in [1.54, 1.807) is 0 Å². The van der Waals surface area contributed by atoms with Crippen molar-refractivity contribution < 1.29 is 13.5 Å². The summed E-state index contributed by atoms with van der Waals surface area (Å²) in [5.41, 5.74) is 0.987. The summed E-state index contributed by atoms with van der Waals surface area (Å²) in [7, 11) is 0. The molecule has 0 spiro atoms. The Kier molecular flexibility index (Phi) is 6.88. The monoisotopic (exact) mass is 340 g/mol. The number of ether oxygens (including phenoxy) is 1. The molecular weight excluding hydrogens is 326 g/mol. The molecule has 1 aromatic heterocycles. The van der Waals surface area contributed by atoms with E-state index in [2.05, 4.69) is 32.8 Å². The molecule has 0 radical (unpaired) electrons. The molecule has 0 amide bonds. The van der Waals surface area contributed by atoms with Crippen LogP contribution in [-0.2, 0) is 17.6 Å². The minimum atomic E-state index is -2.43. The molecule has 1 aromatic rings. The van der Waals surface area contributed by atoms with Crippen LogP contribution >= 0.6 is 28.1 Å². The quantitative estimate of drug-likeness (QED) is 0.607. The fourth-order valence-corrected chi connectivity index (χ4v) is 2.06. The SMILES string of the molecule is CCCc1[nH]c(CCOCC(F)F)nc(=S)c1Br. The molecule has 18 heavy (non-hydrogen) atoms. The number of alkyl halides is 2. The molecule has 1 rings (SSSR count). The number of aromatic nitrogens is 2. The lowest BCUT2D eigenvalue weighted by Gasteiger charge is -2.08. The molecule has 1 N–H and O–H groups in total. The lowest BCUT2D eigenvalue weighted by Crippen LogP contribution is -2.10. The summed E-state index contributed by atoms with van der Waals surface area (Å²) < 4.78 is 29.8. The largest absolute Gasteiger partial charge is 0.375 e. The second-order valence-corrected chi connectivity index (χ2v) is 4.93. The number of H-pyrrole nitrogens is 1. The second-order valence-electron chi connectivity index (χ2n) is 3.75. The topological polar surface area (TPSA) is 37.9 Å². The van der Waals surface area contributed by atoms with E-state index in [9.17, 15) is 8.78 Å². The van der Waals surface area contributed by atoms with Crippen molar-refractivity contribution >= 4 is 28.1 Å². The first-order valence-electron chi connectivity index (χ1n) is 5.68. The van der Waals surface area contributed by atoms with Crippen LogP contribution in [0.15, 0.2) is 4.47 Å². The molecule has 0 aliphatic heterocycles. The van der Waals surface area contributed by atoms with E-state index >= 15 is 0 Å². The molecule has 0 atom stereocenters. The van der Waals surface area contributed by atoms with E-state index in [0.717, 1.165) is 23.0 Å². The van der Waals surface area contributed by atoms with Crippen LogP contribution < -0.4 is 0 Å². The third-order valence-corrected chi connectivity index (χ3v) is 3.62. The summed E-state index contributed by atoms with van der Waals surface area (Å²) in [5, 5.41) is 0. The van der Waals surface area contributed by atoms with Crippen molar-refractivity contribution in [3.05, 3.63) is 20.6 Å². The lowest BCUT2D eigenvalue weighted by atomic mass is 10.2. The number of hydrogen-bond donors (Lipinski definition) is 1.